The number of aliphatic hydroxyl groups is 3. The molecule has 4 fully saturated rings. The highest BCUT2D eigenvalue weighted by Gasteiger charge is 2.60. The van der Waals surface area contributed by atoms with Crippen molar-refractivity contribution in [1.29, 1.82) is 0 Å². The van der Waals surface area contributed by atoms with Crippen molar-refractivity contribution in [3.05, 3.63) is 53.9 Å². The molecule has 22 nitrogen and oxygen atoms in total. The highest BCUT2D eigenvalue weighted by molar-refractivity contribution is 5.91. The summed E-state index contributed by atoms with van der Waals surface area (Å²) in [6.07, 6.45) is -5.55. The number of likely N-dealkylation sites (N-methyl/N-ethyl adjacent to an activating group) is 1. The molecule has 6 unspecified atom stereocenters. The number of carbonyl (C=O) groups excluding carboxylic acids is 4. The third-order valence-electron chi connectivity index (χ3n) is 19.4. The molecule has 0 aliphatic carbocycles. The number of aromatic nitrogens is 1. The van der Waals surface area contributed by atoms with Crippen LogP contribution < -0.4 is 16.4 Å². The number of hydrogen-bond acceptors (Lipinski definition) is 20. The number of nitrogens with zero attached hydrogens (tertiary/aromatic N) is 4. The van der Waals surface area contributed by atoms with Gasteiger partial charge in [-0.25, -0.2) is 4.39 Å². The van der Waals surface area contributed by atoms with Gasteiger partial charge in [0.15, 0.2) is 18.2 Å². The van der Waals surface area contributed by atoms with E-state index < -0.39 is 144 Å². The lowest BCUT2D eigenvalue weighted by atomic mass is 9.71. The van der Waals surface area contributed by atoms with Crippen LogP contribution in [-0.2, 0) is 52.3 Å². The van der Waals surface area contributed by atoms with Crippen molar-refractivity contribution in [3.63, 3.8) is 0 Å². The van der Waals surface area contributed by atoms with Gasteiger partial charge in [0, 0.05) is 88.6 Å². The Hall–Kier alpha value is -4.63. The van der Waals surface area contributed by atoms with Crippen LogP contribution in [0.25, 0.3) is 11.1 Å². The number of halogens is 1. The van der Waals surface area contributed by atoms with Crippen molar-refractivity contribution in [2.45, 2.75) is 217 Å². The molecule has 1 aromatic heterocycles. The molecule has 2 bridgehead atoms. The zero-order chi connectivity index (χ0) is 63.9. The van der Waals surface area contributed by atoms with Crippen LogP contribution in [0.15, 0.2) is 47.6 Å². The number of nitrogens with two attached hydrogens (primary N) is 1. The van der Waals surface area contributed by atoms with Gasteiger partial charge in [-0.3, -0.25) is 34.1 Å². The van der Waals surface area contributed by atoms with Gasteiger partial charge in [-0.1, -0.05) is 65.0 Å². The third kappa shape index (κ3) is 15.4. The van der Waals surface area contributed by atoms with Crippen LogP contribution in [0.4, 0.5) is 4.39 Å². The standard InChI is InChI=1S/C64H100FN7O15/c1-15-25-67-35-64(79)41(8)83-51(31-62(64,10)81-14)85-54-39(6)57(61(9,78)30-36(3)52-38(5)56-63(11,48(16-2)84-59(77)40(54)7)87-50(74)34-72(56)27-17-26-68-52)86-60-53(75)47(29-37(4)82-60)71(12)28-24-49(73)70-46(32-65)55(80-13)43-20-18-42(19-21-43)44-22-23-45(58(66)76)69-33-44/h18-23,33,36-41,46-48,51,53-57,60,67,75,78-79H,15-17,24-32,34-35H2,1-14H3,(H2,66,76)(H,70,73)/t36-,37-,38+,39+,40-,41+,46?,47+,48-,51+,53-,54+,55-,56?,57-,60+,61?,62?,63?,64?/m1/s1. The Labute approximate surface area is 513 Å². The molecule has 7 rings (SSSR count). The van der Waals surface area contributed by atoms with E-state index in [1.807, 2.05) is 65.5 Å². The minimum Gasteiger partial charge on any atom is -0.458 e. The van der Waals surface area contributed by atoms with Crippen molar-refractivity contribution >= 4 is 29.5 Å². The van der Waals surface area contributed by atoms with Gasteiger partial charge in [-0.15, -0.1) is 0 Å². The van der Waals surface area contributed by atoms with Crippen LogP contribution in [0, 0.1) is 23.7 Å². The van der Waals surface area contributed by atoms with E-state index >= 15 is 4.79 Å². The number of fused-ring (bicyclic) bond motifs is 1. The van der Waals surface area contributed by atoms with Crippen molar-refractivity contribution in [2.24, 2.45) is 34.4 Å². The summed E-state index contributed by atoms with van der Waals surface area (Å²) in [7, 11) is 4.74. The van der Waals surface area contributed by atoms with E-state index in [1.54, 1.807) is 52.9 Å². The number of esters is 2. The molecule has 0 radical (unpaired) electrons. The number of ether oxygens (including phenoxy) is 8. The fraction of sp³-hybridized carbons (Fsp3) is 0.750. The fourth-order valence-corrected chi connectivity index (χ4v) is 14.5. The van der Waals surface area contributed by atoms with Crippen LogP contribution in [0.1, 0.15) is 143 Å². The zero-order valence-electron chi connectivity index (χ0n) is 53.7. The number of pyridine rings is 1. The number of hydrogen-bond donors (Lipinski definition) is 6. The molecule has 4 saturated heterocycles. The molecule has 20 atom stereocenters. The van der Waals surface area contributed by atoms with Crippen molar-refractivity contribution in [3.8, 4) is 11.1 Å². The molecule has 5 aliphatic heterocycles. The quantitative estimate of drug-likeness (QED) is 0.0703. The van der Waals surface area contributed by atoms with Crippen molar-refractivity contribution in [2.75, 3.05) is 67.2 Å². The molecular formula is C64H100FN7O15. The molecule has 23 heteroatoms. The Morgan fingerprint density at radius 3 is 2.29 bits per heavy atom. The normalized spacial score (nSPS) is 37.1. The number of methoxy groups -OCH3 is 2. The molecule has 2 amide bonds. The summed E-state index contributed by atoms with van der Waals surface area (Å²) in [6, 6.07) is 8.29. The second-order valence-corrected chi connectivity index (χ2v) is 25.8. The maximum atomic E-state index is 15.2. The number of primary amides is 1. The van der Waals surface area contributed by atoms with E-state index in [9.17, 15) is 34.1 Å². The van der Waals surface area contributed by atoms with Gasteiger partial charge in [0.2, 0.25) is 5.91 Å². The number of alkyl halides is 1. The Kier molecular flexibility index (Phi) is 23.7. The van der Waals surface area contributed by atoms with E-state index in [-0.39, 0.29) is 50.5 Å². The number of rotatable bonds is 21. The number of carbonyl (C=O) groups is 4. The van der Waals surface area contributed by atoms with Gasteiger partial charge in [-0.2, -0.15) is 0 Å². The Morgan fingerprint density at radius 2 is 1.67 bits per heavy atom. The first-order valence-electron chi connectivity index (χ1n) is 31.3. The summed E-state index contributed by atoms with van der Waals surface area (Å²) in [5.41, 5.74) is 2.63. The Morgan fingerprint density at radius 1 is 0.966 bits per heavy atom. The largest absolute Gasteiger partial charge is 0.458 e. The molecule has 7 N–H and O–H groups in total. The predicted molar refractivity (Wildman–Crippen MR) is 323 cm³/mol. The number of amides is 2. The number of aliphatic hydroxyl groups excluding tert-OH is 1. The zero-order valence-corrected chi connectivity index (χ0v) is 53.7. The van der Waals surface area contributed by atoms with Gasteiger partial charge < -0.3 is 74.5 Å². The lowest BCUT2D eigenvalue weighted by molar-refractivity contribution is -0.336. The van der Waals surface area contributed by atoms with Crippen molar-refractivity contribution < 1.29 is 76.8 Å². The van der Waals surface area contributed by atoms with Crippen LogP contribution in [-0.4, -0.2) is 217 Å². The van der Waals surface area contributed by atoms with E-state index in [2.05, 4.69) is 20.5 Å². The van der Waals surface area contributed by atoms with E-state index in [1.165, 1.54) is 26.5 Å². The first-order valence-corrected chi connectivity index (χ1v) is 31.3. The Balaban J connectivity index is 1.17. The smallest absolute Gasteiger partial charge is 0.320 e. The molecular weight excluding hydrogens is 1130 g/mol. The molecule has 488 valence electrons. The molecule has 87 heavy (non-hydrogen) atoms. The number of aliphatic imine (C=N–C) groups is 1. The molecule has 5 aliphatic rings. The highest BCUT2D eigenvalue weighted by atomic mass is 19.1. The number of benzene rings is 1. The van der Waals surface area contributed by atoms with Gasteiger partial charge in [-0.05, 0) is 110 Å². The predicted octanol–water partition coefficient (Wildman–Crippen LogP) is 5.07. The molecule has 6 heterocycles. The van der Waals surface area contributed by atoms with Crippen LogP contribution in [0.5, 0.6) is 0 Å². The summed E-state index contributed by atoms with van der Waals surface area (Å²) < 4.78 is 67.0. The summed E-state index contributed by atoms with van der Waals surface area (Å²) in [6.45, 7) is 21.5. The number of morpholine rings is 1. The lowest BCUT2D eigenvalue weighted by Gasteiger charge is -2.54. The van der Waals surface area contributed by atoms with Crippen LogP contribution in [0.3, 0.4) is 0 Å². The summed E-state index contributed by atoms with van der Waals surface area (Å²) in [4.78, 5) is 67.3. The number of cyclic esters (lactones) is 1. The molecule has 1 aromatic carbocycles. The maximum Gasteiger partial charge on any atom is 0.320 e. The highest BCUT2D eigenvalue weighted by Crippen LogP contribution is 2.45. The van der Waals surface area contributed by atoms with E-state index in [0.29, 0.717) is 44.5 Å². The Bertz CT molecular complexity index is 2660. The topological polar surface area (TPSA) is 285 Å². The summed E-state index contributed by atoms with van der Waals surface area (Å²) in [5.74, 6) is -4.90. The van der Waals surface area contributed by atoms with E-state index in [4.69, 9.17) is 48.6 Å². The minimum absolute atomic E-state index is 0.0305. The average molecular weight is 1230 g/mol. The summed E-state index contributed by atoms with van der Waals surface area (Å²) in [5, 5.41) is 44.3. The second-order valence-electron chi connectivity index (χ2n) is 25.8. The average Bonchev–Trinajstić information content (AvgIpc) is 0.829. The summed E-state index contributed by atoms with van der Waals surface area (Å²) >= 11 is 0. The number of nitrogens with one attached hydrogen (secondary N) is 2. The first-order chi connectivity index (χ1) is 41.1. The molecule has 0 spiro atoms. The SMILES string of the molecule is CCCNCC1(O)[C@H](C)O[C@@H](O[C@H]2[C@H](C)[C@@H](O[C@@H]3O[C@H](C)C[C@H](N(C)CCC(=O)NC(CF)[C@H](OC)c4ccc(-c5ccc(C(N)=O)nc5)cc4)[C@H]3O)C(C)(O)C[C@@H](C)C3=NCCCN4CC(=O)OC(C)(C4[C@H]3C)[C@@H](CC)OC(=O)[C@@H]2C)CC1(C)OC. The van der Waals surface area contributed by atoms with Gasteiger partial charge in [0.1, 0.15) is 41.9 Å². The minimum atomic E-state index is -1.77. The van der Waals surface area contributed by atoms with Gasteiger partial charge in [0.25, 0.3) is 5.91 Å². The monoisotopic (exact) mass is 1230 g/mol. The second kappa shape index (κ2) is 29.5. The van der Waals surface area contributed by atoms with Crippen LogP contribution in [0.2, 0.25) is 0 Å². The molecule has 0 saturated carbocycles. The van der Waals surface area contributed by atoms with Gasteiger partial charge >= 0.3 is 11.9 Å². The first kappa shape index (κ1) is 69.8. The van der Waals surface area contributed by atoms with Crippen molar-refractivity contribution in [1.82, 2.24) is 25.4 Å². The lowest BCUT2D eigenvalue weighted by Crippen LogP contribution is -2.70. The fourth-order valence-electron chi connectivity index (χ4n) is 14.5. The maximum absolute atomic E-state index is 15.2. The van der Waals surface area contributed by atoms with E-state index in [0.717, 1.165) is 23.3 Å². The third-order valence-corrected chi connectivity index (χ3v) is 19.4. The van der Waals surface area contributed by atoms with Crippen LogP contribution >= 0.6 is 0 Å². The van der Waals surface area contributed by atoms with Gasteiger partial charge in [0.05, 0.1) is 54.6 Å². The molecule has 2 aromatic rings.